The van der Waals surface area contributed by atoms with Crippen LogP contribution in [0.1, 0.15) is 81.8 Å². The summed E-state index contributed by atoms with van der Waals surface area (Å²) >= 11 is 0. The summed E-state index contributed by atoms with van der Waals surface area (Å²) in [5, 5.41) is 0. The number of ether oxygens (including phenoxy) is 3. The van der Waals surface area contributed by atoms with Crippen molar-refractivity contribution in [2.45, 2.75) is 65.7 Å². The fourth-order valence-corrected chi connectivity index (χ4v) is 3.54. The largest absolute Gasteiger partial charge is 0.493 e. The molecule has 34 heavy (non-hydrogen) atoms. The van der Waals surface area contributed by atoms with E-state index in [2.05, 4.69) is 41.2 Å². The molecule has 0 aliphatic heterocycles. The molecule has 2 rings (SSSR count). The highest BCUT2D eigenvalue weighted by Gasteiger charge is 2.24. The molecule has 0 atom stereocenters. The van der Waals surface area contributed by atoms with Crippen LogP contribution in [-0.4, -0.2) is 25.6 Å². The topological polar surface area (TPSA) is 44.8 Å². The van der Waals surface area contributed by atoms with Gasteiger partial charge in [0.1, 0.15) is 23.9 Å². The first-order valence-corrected chi connectivity index (χ1v) is 12.3. The van der Waals surface area contributed by atoms with Crippen molar-refractivity contribution in [3.63, 3.8) is 0 Å². The van der Waals surface area contributed by atoms with E-state index in [0.29, 0.717) is 31.1 Å². The van der Waals surface area contributed by atoms with E-state index in [4.69, 9.17) is 14.2 Å². The maximum Gasteiger partial charge on any atom is 0.185 e. The third-order valence-electron chi connectivity index (χ3n) is 5.30. The standard InChI is InChI=1S/C30H40O4/c1-7-10-19-33-26-21-24(29(30(4,5)6)28(22-26)34-20-11-8-2)14-17-27(31)23-12-15-25(16-13-23)32-18-9-3/h9,12-17,21-22H,3,7-8,10-11,18-20H2,1-2,4-6H3. The van der Waals surface area contributed by atoms with Crippen LogP contribution >= 0.6 is 0 Å². The molecule has 2 aromatic carbocycles. The van der Waals surface area contributed by atoms with E-state index in [9.17, 15) is 4.79 Å². The van der Waals surface area contributed by atoms with Crippen molar-refractivity contribution < 1.29 is 19.0 Å². The van der Waals surface area contributed by atoms with Crippen molar-refractivity contribution in [1.29, 1.82) is 0 Å². The Morgan fingerprint density at radius 3 is 2.15 bits per heavy atom. The number of hydrogen-bond acceptors (Lipinski definition) is 4. The van der Waals surface area contributed by atoms with Crippen molar-refractivity contribution in [3.8, 4) is 17.2 Å². The molecule has 4 heteroatoms. The average Bonchev–Trinajstić information content (AvgIpc) is 2.81. The van der Waals surface area contributed by atoms with Crippen LogP contribution in [0.15, 0.2) is 55.1 Å². The van der Waals surface area contributed by atoms with Crippen molar-refractivity contribution in [2.24, 2.45) is 0 Å². The summed E-state index contributed by atoms with van der Waals surface area (Å²) in [6.45, 7) is 16.2. The molecule has 0 aliphatic carbocycles. The number of benzene rings is 2. The van der Waals surface area contributed by atoms with Gasteiger partial charge in [0.15, 0.2) is 5.78 Å². The molecule has 0 saturated heterocycles. The third-order valence-corrected chi connectivity index (χ3v) is 5.30. The van der Waals surface area contributed by atoms with Gasteiger partial charge >= 0.3 is 0 Å². The van der Waals surface area contributed by atoms with Gasteiger partial charge in [-0.2, -0.15) is 0 Å². The summed E-state index contributed by atoms with van der Waals surface area (Å²) in [6, 6.07) is 11.2. The molecule has 184 valence electrons. The maximum absolute atomic E-state index is 12.9. The number of carbonyl (C=O) groups excluding carboxylic acids is 1. The maximum atomic E-state index is 12.9. The van der Waals surface area contributed by atoms with Crippen molar-refractivity contribution in [3.05, 3.63) is 71.8 Å². The number of carbonyl (C=O) groups is 1. The number of ketones is 1. The lowest BCUT2D eigenvalue weighted by Crippen LogP contribution is -2.16. The zero-order chi connectivity index (χ0) is 25.0. The molecule has 0 aromatic heterocycles. The second kappa shape index (κ2) is 13.6. The molecule has 0 unspecified atom stereocenters. The summed E-state index contributed by atoms with van der Waals surface area (Å²) < 4.78 is 17.7. The van der Waals surface area contributed by atoms with E-state index in [1.165, 1.54) is 0 Å². The monoisotopic (exact) mass is 464 g/mol. The molecule has 0 bridgehead atoms. The minimum Gasteiger partial charge on any atom is -0.493 e. The van der Waals surface area contributed by atoms with Crippen LogP contribution in [0.4, 0.5) is 0 Å². The molecule has 0 fully saturated rings. The van der Waals surface area contributed by atoms with E-state index < -0.39 is 0 Å². The predicted octanol–water partition coefficient (Wildman–Crippen LogP) is 7.80. The molecule has 0 amide bonds. The average molecular weight is 465 g/mol. The minimum absolute atomic E-state index is 0.0686. The summed E-state index contributed by atoms with van der Waals surface area (Å²) in [7, 11) is 0. The second-order valence-electron chi connectivity index (χ2n) is 9.36. The summed E-state index contributed by atoms with van der Waals surface area (Å²) in [4.78, 5) is 12.9. The normalized spacial score (nSPS) is 11.4. The van der Waals surface area contributed by atoms with Crippen LogP contribution in [0, 0.1) is 0 Å². The SMILES string of the molecule is C=CCOc1ccc(C(=O)C=Cc2cc(OCCCC)cc(OCCCC)c2C(C)(C)C)cc1. The van der Waals surface area contributed by atoms with E-state index in [-0.39, 0.29) is 11.2 Å². The first-order valence-electron chi connectivity index (χ1n) is 12.3. The Kier molecular flexibility index (Phi) is 10.9. The van der Waals surface area contributed by atoms with Gasteiger partial charge in [0.2, 0.25) is 0 Å². The second-order valence-corrected chi connectivity index (χ2v) is 9.36. The van der Waals surface area contributed by atoms with E-state index in [1.54, 1.807) is 36.4 Å². The Labute approximate surface area is 205 Å². The number of allylic oxidation sites excluding steroid dienone is 1. The Morgan fingerprint density at radius 1 is 0.912 bits per heavy atom. The molecular weight excluding hydrogens is 424 g/mol. The smallest absolute Gasteiger partial charge is 0.185 e. The highest BCUT2D eigenvalue weighted by molar-refractivity contribution is 6.07. The molecule has 0 radical (unpaired) electrons. The van der Waals surface area contributed by atoms with Gasteiger partial charge in [0, 0.05) is 17.2 Å². The van der Waals surface area contributed by atoms with Crippen molar-refractivity contribution in [1.82, 2.24) is 0 Å². The number of hydrogen-bond donors (Lipinski definition) is 0. The zero-order valence-corrected chi connectivity index (χ0v) is 21.5. The molecular formula is C30H40O4. The molecule has 2 aromatic rings. The Morgan fingerprint density at radius 2 is 1.56 bits per heavy atom. The van der Waals surface area contributed by atoms with E-state index in [1.807, 2.05) is 18.2 Å². The Balaban J connectivity index is 2.38. The van der Waals surface area contributed by atoms with Crippen LogP contribution < -0.4 is 14.2 Å². The Bertz CT molecular complexity index is 949. The fourth-order valence-electron chi connectivity index (χ4n) is 3.54. The summed E-state index contributed by atoms with van der Waals surface area (Å²) in [6.07, 6.45) is 9.30. The van der Waals surface area contributed by atoms with Crippen LogP contribution in [-0.2, 0) is 5.41 Å². The fraction of sp³-hybridized carbons (Fsp3) is 0.433. The van der Waals surface area contributed by atoms with Gasteiger partial charge < -0.3 is 14.2 Å². The minimum atomic E-state index is -0.170. The van der Waals surface area contributed by atoms with Gasteiger partial charge in [-0.3, -0.25) is 4.79 Å². The third kappa shape index (κ3) is 8.40. The van der Waals surface area contributed by atoms with Crippen LogP contribution in [0.3, 0.4) is 0 Å². The van der Waals surface area contributed by atoms with Gasteiger partial charge in [-0.1, -0.05) is 66.2 Å². The van der Waals surface area contributed by atoms with E-state index in [0.717, 1.165) is 48.3 Å². The van der Waals surface area contributed by atoms with Crippen molar-refractivity contribution >= 4 is 11.9 Å². The van der Waals surface area contributed by atoms with Crippen LogP contribution in [0.5, 0.6) is 17.2 Å². The summed E-state index contributed by atoms with van der Waals surface area (Å²) in [5.41, 5.74) is 2.45. The van der Waals surface area contributed by atoms with Crippen LogP contribution in [0.25, 0.3) is 6.08 Å². The highest BCUT2D eigenvalue weighted by Crippen LogP contribution is 2.39. The van der Waals surface area contributed by atoms with Gasteiger partial charge in [-0.25, -0.2) is 0 Å². The quantitative estimate of drug-likeness (QED) is 0.124. The van der Waals surface area contributed by atoms with Gasteiger partial charge in [-0.05, 0) is 60.2 Å². The van der Waals surface area contributed by atoms with Crippen molar-refractivity contribution in [2.75, 3.05) is 19.8 Å². The van der Waals surface area contributed by atoms with Gasteiger partial charge in [-0.15, -0.1) is 0 Å². The Hall–Kier alpha value is -3.01. The molecule has 4 nitrogen and oxygen atoms in total. The highest BCUT2D eigenvalue weighted by atomic mass is 16.5. The lowest BCUT2D eigenvalue weighted by molar-refractivity contribution is 0.104. The molecule has 0 aliphatic rings. The summed E-state index contributed by atoms with van der Waals surface area (Å²) in [5.74, 6) is 2.23. The molecule has 0 heterocycles. The lowest BCUT2D eigenvalue weighted by Gasteiger charge is -2.26. The lowest BCUT2D eigenvalue weighted by atomic mass is 9.82. The van der Waals surface area contributed by atoms with Gasteiger partial charge in [0.25, 0.3) is 0 Å². The number of unbranched alkanes of at least 4 members (excludes halogenated alkanes) is 2. The molecule has 0 spiro atoms. The van der Waals surface area contributed by atoms with Crippen LogP contribution in [0.2, 0.25) is 0 Å². The number of rotatable bonds is 14. The van der Waals surface area contributed by atoms with E-state index >= 15 is 0 Å². The first-order chi connectivity index (χ1) is 16.3. The predicted molar refractivity (Wildman–Crippen MR) is 141 cm³/mol. The molecule has 0 N–H and O–H groups in total. The zero-order valence-electron chi connectivity index (χ0n) is 21.5. The first kappa shape index (κ1) is 27.2. The van der Waals surface area contributed by atoms with Gasteiger partial charge in [0.05, 0.1) is 13.2 Å². The molecule has 0 saturated carbocycles.